The molecule has 3 rings (SSSR count). The van der Waals surface area contributed by atoms with Gasteiger partial charge in [0.05, 0.1) is 14.5 Å². The van der Waals surface area contributed by atoms with Crippen molar-refractivity contribution in [2.75, 3.05) is 0 Å². The van der Waals surface area contributed by atoms with E-state index in [2.05, 4.69) is 20.9 Å². The van der Waals surface area contributed by atoms with Crippen LogP contribution in [0, 0.1) is 13.8 Å². The van der Waals surface area contributed by atoms with Crippen molar-refractivity contribution in [1.82, 2.24) is 4.98 Å². The zero-order valence-electron chi connectivity index (χ0n) is 13.5. The molecular formula is C19H14BrCl2NO2. The molecule has 0 radical (unpaired) electrons. The molecule has 0 unspecified atom stereocenters. The molecule has 1 heterocycles. The Kier molecular flexibility index (Phi) is 5.23. The van der Waals surface area contributed by atoms with Crippen LogP contribution in [0.2, 0.25) is 10.0 Å². The molecule has 1 aromatic heterocycles. The fourth-order valence-electron chi connectivity index (χ4n) is 2.56. The van der Waals surface area contributed by atoms with Gasteiger partial charge in [-0.1, -0.05) is 35.3 Å². The second-order valence-corrected chi connectivity index (χ2v) is 7.20. The first-order valence-electron chi connectivity index (χ1n) is 7.49. The predicted molar refractivity (Wildman–Crippen MR) is 106 cm³/mol. The Labute approximate surface area is 163 Å². The van der Waals surface area contributed by atoms with Crippen LogP contribution in [0.4, 0.5) is 0 Å². The lowest BCUT2D eigenvalue weighted by atomic mass is 10.0. The molecule has 25 heavy (non-hydrogen) atoms. The first-order chi connectivity index (χ1) is 11.9. The molecule has 0 fully saturated rings. The molecule has 0 atom stereocenters. The Bertz CT molecular complexity index is 998. The molecular weight excluding hydrogens is 425 g/mol. The van der Waals surface area contributed by atoms with Crippen molar-refractivity contribution >= 4 is 39.1 Å². The van der Waals surface area contributed by atoms with Crippen LogP contribution in [0.25, 0.3) is 11.1 Å². The van der Waals surface area contributed by atoms with Gasteiger partial charge < -0.3 is 9.72 Å². The highest BCUT2D eigenvalue weighted by atomic mass is 79.9. The Hall–Kier alpha value is -1.75. The average molecular weight is 439 g/mol. The molecule has 0 spiro atoms. The maximum atomic E-state index is 12.5. The quantitative estimate of drug-likeness (QED) is 0.505. The number of nitrogens with one attached hydrogen (secondary N) is 1. The van der Waals surface area contributed by atoms with Gasteiger partial charge in [0.15, 0.2) is 0 Å². The Morgan fingerprint density at radius 3 is 2.20 bits per heavy atom. The molecule has 2 aromatic carbocycles. The van der Waals surface area contributed by atoms with Gasteiger partial charge in [0.1, 0.15) is 11.5 Å². The summed E-state index contributed by atoms with van der Waals surface area (Å²) in [6.07, 6.45) is 0. The summed E-state index contributed by atoms with van der Waals surface area (Å²) in [6, 6.07) is 12.4. The van der Waals surface area contributed by atoms with Crippen molar-refractivity contribution in [2.24, 2.45) is 0 Å². The van der Waals surface area contributed by atoms with Crippen LogP contribution in [-0.4, -0.2) is 4.98 Å². The maximum absolute atomic E-state index is 12.5. The number of halogens is 3. The summed E-state index contributed by atoms with van der Waals surface area (Å²) in [5.41, 5.74) is 3.06. The topological polar surface area (TPSA) is 42.1 Å². The van der Waals surface area contributed by atoms with Gasteiger partial charge in [0.25, 0.3) is 0 Å². The van der Waals surface area contributed by atoms with E-state index in [1.807, 2.05) is 38.1 Å². The third-order valence-electron chi connectivity index (χ3n) is 3.78. The number of H-pyrrole nitrogens is 1. The summed E-state index contributed by atoms with van der Waals surface area (Å²) < 4.78 is 6.32. The summed E-state index contributed by atoms with van der Waals surface area (Å²) in [5, 5.41) is 0.909. The Morgan fingerprint density at radius 1 is 0.920 bits per heavy atom. The minimum Gasteiger partial charge on any atom is -0.457 e. The molecule has 0 aliphatic rings. The van der Waals surface area contributed by atoms with Gasteiger partial charge in [-0.3, -0.25) is 4.79 Å². The van der Waals surface area contributed by atoms with E-state index in [1.54, 1.807) is 18.2 Å². The van der Waals surface area contributed by atoms with Gasteiger partial charge in [-0.25, -0.2) is 0 Å². The second kappa shape index (κ2) is 7.24. The van der Waals surface area contributed by atoms with E-state index in [4.69, 9.17) is 27.9 Å². The fraction of sp³-hybridized carbons (Fsp3) is 0.105. The molecule has 0 aliphatic carbocycles. The van der Waals surface area contributed by atoms with Gasteiger partial charge in [-0.15, -0.1) is 0 Å². The van der Waals surface area contributed by atoms with Gasteiger partial charge in [-0.2, -0.15) is 0 Å². The standard InChI is InChI=1S/C19H14BrCl2NO2/c1-10-17(19(24)18(20)11(2)23-10)12-3-5-13(6-4-12)25-14-7-8-15(21)16(22)9-14/h3-9H,1-2H3,(H,23,24). The zero-order chi connectivity index (χ0) is 18.1. The molecule has 0 saturated carbocycles. The number of hydrogen-bond donors (Lipinski definition) is 1. The largest absolute Gasteiger partial charge is 0.457 e. The van der Waals surface area contributed by atoms with Crippen molar-refractivity contribution in [2.45, 2.75) is 13.8 Å². The van der Waals surface area contributed by atoms with E-state index in [0.29, 0.717) is 31.6 Å². The van der Waals surface area contributed by atoms with Gasteiger partial charge >= 0.3 is 0 Å². The number of ether oxygens (including phenoxy) is 1. The predicted octanol–water partition coefficient (Wildman–Crippen LogP) is 6.52. The number of benzene rings is 2. The lowest BCUT2D eigenvalue weighted by Crippen LogP contribution is -2.11. The molecule has 0 aliphatic heterocycles. The van der Waals surface area contributed by atoms with Crippen LogP contribution in [0.5, 0.6) is 11.5 Å². The summed E-state index contributed by atoms with van der Waals surface area (Å²) in [5.74, 6) is 1.23. The summed E-state index contributed by atoms with van der Waals surface area (Å²) in [4.78, 5) is 15.7. The highest BCUT2D eigenvalue weighted by Crippen LogP contribution is 2.30. The molecule has 3 aromatic rings. The van der Waals surface area contributed by atoms with Crippen LogP contribution in [0.3, 0.4) is 0 Å². The van der Waals surface area contributed by atoms with Gasteiger partial charge in [-0.05, 0) is 59.6 Å². The summed E-state index contributed by atoms with van der Waals surface area (Å²) in [6.45, 7) is 3.74. The van der Waals surface area contributed by atoms with Gasteiger partial charge in [0, 0.05) is 23.0 Å². The number of aromatic nitrogens is 1. The molecule has 0 saturated heterocycles. The van der Waals surface area contributed by atoms with E-state index in [9.17, 15) is 4.79 Å². The number of hydrogen-bond acceptors (Lipinski definition) is 2. The third kappa shape index (κ3) is 3.76. The molecule has 3 nitrogen and oxygen atoms in total. The number of pyridine rings is 1. The van der Waals surface area contributed by atoms with E-state index < -0.39 is 0 Å². The first kappa shape index (κ1) is 18.1. The van der Waals surface area contributed by atoms with Crippen molar-refractivity contribution in [3.8, 4) is 22.6 Å². The second-order valence-electron chi connectivity index (χ2n) is 5.60. The average Bonchev–Trinajstić information content (AvgIpc) is 2.58. The molecule has 0 bridgehead atoms. The minimum absolute atomic E-state index is 0.0353. The smallest absolute Gasteiger partial charge is 0.204 e. The highest BCUT2D eigenvalue weighted by molar-refractivity contribution is 9.10. The zero-order valence-corrected chi connectivity index (χ0v) is 16.6. The van der Waals surface area contributed by atoms with Crippen molar-refractivity contribution in [3.05, 3.63) is 78.6 Å². The lowest BCUT2D eigenvalue weighted by molar-refractivity contribution is 0.483. The van der Waals surface area contributed by atoms with E-state index in [-0.39, 0.29) is 5.43 Å². The fourth-order valence-corrected chi connectivity index (χ4v) is 3.15. The monoisotopic (exact) mass is 437 g/mol. The molecule has 6 heteroatoms. The van der Waals surface area contributed by atoms with E-state index >= 15 is 0 Å². The van der Waals surface area contributed by atoms with Crippen molar-refractivity contribution < 1.29 is 4.74 Å². The van der Waals surface area contributed by atoms with Crippen LogP contribution < -0.4 is 10.2 Å². The maximum Gasteiger partial charge on any atom is 0.204 e. The number of aryl methyl sites for hydroxylation is 2. The summed E-state index contributed by atoms with van der Waals surface area (Å²) >= 11 is 15.2. The molecule has 128 valence electrons. The number of rotatable bonds is 3. The van der Waals surface area contributed by atoms with Crippen molar-refractivity contribution in [3.63, 3.8) is 0 Å². The van der Waals surface area contributed by atoms with E-state index in [1.165, 1.54) is 0 Å². The normalized spacial score (nSPS) is 10.8. The highest BCUT2D eigenvalue weighted by Gasteiger charge is 2.12. The lowest BCUT2D eigenvalue weighted by Gasteiger charge is -2.10. The van der Waals surface area contributed by atoms with Crippen molar-refractivity contribution in [1.29, 1.82) is 0 Å². The Morgan fingerprint density at radius 2 is 1.56 bits per heavy atom. The number of aromatic amines is 1. The first-order valence-corrected chi connectivity index (χ1v) is 9.04. The molecule has 1 N–H and O–H groups in total. The SMILES string of the molecule is Cc1[nH]c(C)c(-c2ccc(Oc3ccc(Cl)c(Cl)c3)cc2)c(=O)c1Br. The minimum atomic E-state index is -0.0353. The van der Waals surface area contributed by atoms with E-state index in [0.717, 1.165) is 17.0 Å². The Balaban J connectivity index is 1.92. The summed E-state index contributed by atoms with van der Waals surface area (Å²) in [7, 11) is 0. The molecule has 0 amide bonds. The van der Waals surface area contributed by atoms with Crippen LogP contribution in [0.1, 0.15) is 11.4 Å². The third-order valence-corrected chi connectivity index (χ3v) is 5.47. The van der Waals surface area contributed by atoms with Crippen LogP contribution in [-0.2, 0) is 0 Å². The van der Waals surface area contributed by atoms with Gasteiger partial charge in [0.2, 0.25) is 5.43 Å². The van der Waals surface area contributed by atoms with Crippen LogP contribution >= 0.6 is 39.1 Å². The van der Waals surface area contributed by atoms with Crippen LogP contribution in [0.15, 0.2) is 51.7 Å².